The Bertz CT molecular complexity index is 457. The lowest BCUT2D eigenvalue weighted by Crippen LogP contribution is -1.93. The number of nitrogens with two attached hydrogens (primary N) is 1. The van der Waals surface area contributed by atoms with E-state index in [-0.39, 0.29) is 0 Å². The van der Waals surface area contributed by atoms with E-state index in [0.29, 0.717) is 5.82 Å². The fourth-order valence-electron chi connectivity index (χ4n) is 1.31. The minimum Gasteiger partial charge on any atom is -0.384 e. The van der Waals surface area contributed by atoms with Crippen LogP contribution in [-0.4, -0.2) is 16.2 Å². The van der Waals surface area contributed by atoms with E-state index in [1.807, 2.05) is 30.5 Å². The van der Waals surface area contributed by atoms with E-state index in [1.165, 1.54) is 0 Å². The molecule has 4 heteroatoms. The molecule has 15 heavy (non-hydrogen) atoms. The van der Waals surface area contributed by atoms with Gasteiger partial charge in [0, 0.05) is 22.9 Å². The Kier molecular flexibility index (Phi) is 2.87. The van der Waals surface area contributed by atoms with Gasteiger partial charge in [-0.3, -0.25) is 4.98 Å². The average molecular weight is 217 g/mol. The van der Waals surface area contributed by atoms with Gasteiger partial charge in [-0.1, -0.05) is 0 Å². The second-order valence-corrected chi connectivity index (χ2v) is 3.93. The summed E-state index contributed by atoms with van der Waals surface area (Å²) in [6.45, 7) is 0. The van der Waals surface area contributed by atoms with Crippen molar-refractivity contribution < 1.29 is 0 Å². The first-order chi connectivity index (χ1) is 7.29. The number of nitrogens with zero attached hydrogens (tertiary/aromatic N) is 2. The van der Waals surface area contributed by atoms with Gasteiger partial charge >= 0.3 is 0 Å². The van der Waals surface area contributed by atoms with Crippen LogP contribution >= 0.6 is 11.8 Å². The number of hydrogen-bond donors (Lipinski definition) is 1. The quantitative estimate of drug-likeness (QED) is 0.785. The van der Waals surface area contributed by atoms with Gasteiger partial charge in [-0.15, -0.1) is 11.8 Å². The molecule has 0 fully saturated rings. The summed E-state index contributed by atoms with van der Waals surface area (Å²) >= 11 is 1.66. The van der Waals surface area contributed by atoms with Crippen LogP contribution in [0.15, 0.2) is 41.6 Å². The molecule has 0 saturated heterocycles. The van der Waals surface area contributed by atoms with Crippen molar-refractivity contribution >= 4 is 17.6 Å². The molecule has 0 bridgehead atoms. The van der Waals surface area contributed by atoms with Crippen molar-refractivity contribution in [3.8, 4) is 11.3 Å². The predicted molar refractivity (Wildman–Crippen MR) is 63.7 cm³/mol. The molecule has 0 amide bonds. The van der Waals surface area contributed by atoms with Crippen LogP contribution in [0.5, 0.6) is 0 Å². The molecule has 76 valence electrons. The van der Waals surface area contributed by atoms with Gasteiger partial charge in [0.2, 0.25) is 0 Å². The third-order valence-corrected chi connectivity index (χ3v) is 2.74. The molecule has 2 rings (SSSR count). The Hall–Kier alpha value is -1.55. The second kappa shape index (κ2) is 4.31. The second-order valence-electron chi connectivity index (χ2n) is 3.05. The van der Waals surface area contributed by atoms with Crippen LogP contribution < -0.4 is 5.73 Å². The molecular formula is C11H11N3S. The van der Waals surface area contributed by atoms with Gasteiger partial charge in [0.25, 0.3) is 0 Å². The minimum atomic E-state index is 0.550. The molecule has 0 radical (unpaired) electrons. The maximum absolute atomic E-state index is 5.73. The lowest BCUT2D eigenvalue weighted by Gasteiger charge is -2.04. The van der Waals surface area contributed by atoms with E-state index in [9.17, 15) is 0 Å². The van der Waals surface area contributed by atoms with E-state index >= 15 is 0 Å². The molecule has 0 aromatic carbocycles. The van der Waals surface area contributed by atoms with E-state index in [2.05, 4.69) is 9.97 Å². The summed E-state index contributed by atoms with van der Waals surface area (Å²) < 4.78 is 0. The van der Waals surface area contributed by atoms with Gasteiger partial charge in [0.1, 0.15) is 5.82 Å². The van der Waals surface area contributed by atoms with Crippen molar-refractivity contribution in [2.45, 2.75) is 4.90 Å². The summed E-state index contributed by atoms with van der Waals surface area (Å²) in [5, 5.41) is 0. The summed E-state index contributed by atoms with van der Waals surface area (Å²) in [4.78, 5) is 9.38. The smallest absolute Gasteiger partial charge is 0.125 e. The Labute approximate surface area is 92.8 Å². The summed E-state index contributed by atoms with van der Waals surface area (Å²) in [6, 6.07) is 7.74. The zero-order valence-corrected chi connectivity index (χ0v) is 9.16. The van der Waals surface area contributed by atoms with Crippen molar-refractivity contribution in [2.75, 3.05) is 12.0 Å². The Morgan fingerprint density at radius 2 is 1.93 bits per heavy atom. The van der Waals surface area contributed by atoms with Gasteiger partial charge < -0.3 is 5.73 Å². The Morgan fingerprint density at radius 1 is 1.20 bits per heavy atom. The maximum atomic E-state index is 5.73. The fourth-order valence-corrected chi connectivity index (χ4v) is 1.78. The largest absolute Gasteiger partial charge is 0.384 e. The number of anilines is 1. The molecule has 0 spiro atoms. The highest BCUT2D eigenvalue weighted by atomic mass is 32.2. The lowest BCUT2D eigenvalue weighted by atomic mass is 10.2. The van der Waals surface area contributed by atoms with Gasteiger partial charge in [-0.05, 0) is 30.5 Å². The molecule has 2 aromatic heterocycles. The normalized spacial score (nSPS) is 10.2. The Balaban J connectivity index is 2.49. The average Bonchev–Trinajstić information content (AvgIpc) is 2.29. The van der Waals surface area contributed by atoms with Crippen LogP contribution in [0.1, 0.15) is 0 Å². The standard InChI is InChI=1S/C11H11N3S/c1-15-9-6-10(14-11(12)7-9)8-2-4-13-5-3-8/h2-7H,1H3,(H2,12,14). The van der Waals surface area contributed by atoms with E-state index in [4.69, 9.17) is 5.73 Å². The Morgan fingerprint density at radius 3 is 2.60 bits per heavy atom. The summed E-state index contributed by atoms with van der Waals surface area (Å²) in [7, 11) is 0. The summed E-state index contributed by atoms with van der Waals surface area (Å²) in [6.07, 6.45) is 5.52. The molecule has 0 aliphatic carbocycles. The van der Waals surface area contributed by atoms with E-state index < -0.39 is 0 Å². The zero-order chi connectivity index (χ0) is 10.7. The van der Waals surface area contributed by atoms with Crippen LogP contribution in [0, 0.1) is 0 Å². The lowest BCUT2D eigenvalue weighted by molar-refractivity contribution is 1.26. The van der Waals surface area contributed by atoms with Crippen molar-refractivity contribution in [2.24, 2.45) is 0 Å². The van der Waals surface area contributed by atoms with Crippen LogP contribution in [0.3, 0.4) is 0 Å². The third kappa shape index (κ3) is 2.27. The minimum absolute atomic E-state index is 0.550. The fraction of sp³-hybridized carbons (Fsp3) is 0.0909. The molecule has 0 atom stereocenters. The molecular weight excluding hydrogens is 206 g/mol. The van der Waals surface area contributed by atoms with Gasteiger partial charge in [0.15, 0.2) is 0 Å². The van der Waals surface area contributed by atoms with Crippen molar-refractivity contribution in [1.82, 2.24) is 9.97 Å². The van der Waals surface area contributed by atoms with Gasteiger partial charge in [-0.2, -0.15) is 0 Å². The number of nitrogen functional groups attached to an aromatic ring is 1. The number of thioether (sulfide) groups is 1. The predicted octanol–water partition coefficient (Wildman–Crippen LogP) is 2.45. The van der Waals surface area contributed by atoms with Crippen LogP contribution in [-0.2, 0) is 0 Å². The number of aromatic nitrogens is 2. The third-order valence-electron chi connectivity index (χ3n) is 2.03. The number of pyridine rings is 2. The first-order valence-corrected chi connectivity index (χ1v) is 5.74. The molecule has 0 saturated carbocycles. The van der Waals surface area contributed by atoms with Crippen LogP contribution in [0.25, 0.3) is 11.3 Å². The van der Waals surface area contributed by atoms with Crippen molar-refractivity contribution in [3.63, 3.8) is 0 Å². The number of rotatable bonds is 2. The zero-order valence-electron chi connectivity index (χ0n) is 8.34. The molecule has 2 N–H and O–H groups in total. The first-order valence-electron chi connectivity index (χ1n) is 4.51. The van der Waals surface area contributed by atoms with Crippen molar-refractivity contribution in [1.29, 1.82) is 0 Å². The van der Waals surface area contributed by atoms with Crippen molar-refractivity contribution in [3.05, 3.63) is 36.7 Å². The SMILES string of the molecule is CSc1cc(N)nc(-c2ccncc2)c1. The summed E-state index contributed by atoms with van der Waals surface area (Å²) in [5.41, 5.74) is 7.66. The van der Waals surface area contributed by atoms with E-state index in [0.717, 1.165) is 16.2 Å². The molecule has 0 aliphatic rings. The molecule has 2 heterocycles. The molecule has 2 aromatic rings. The molecule has 0 unspecified atom stereocenters. The van der Waals surface area contributed by atoms with Gasteiger partial charge in [-0.25, -0.2) is 4.98 Å². The highest BCUT2D eigenvalue weighted by Gasteiger charge is 2.02. The molecule has 0 aliphatic heterocycles. The maximum Gasteiger partial charge on any atom is 0.125 e. The van der Waals surface area contributed by atoms with Crippen LogP contribution in [0.2, 0.25) is 0 Å². The van der Waals surface area contributed by atoms with Gasteiger partial charge in [0.05, 0.1) is 5.69 Å². The topological polar surface area (TPSA) is 51.8 Å². The highest BCUT2D eigenvalue weighted by molar-refractivity contribution is 7.98. The van der Waals surface area contributed by atoms with Crippen LogP contribution in [0.4, 0.5) is 5.82 Å². The summed E-state index contributed by atoms with van der Waals surface area (Å²) in [5.74, 6) is 0.550. The highest BCUT2D eigenvalue weighted by Crippen LogP contribution is 2.24. The molecule has 3 nitrogen and oxygen atoms in total. The van der Waals surface area contributed by atoms with E-state index in [1.54, 1.807) is 24.2 Å². The number of hydrogen-bond acceptors (Lipinski definition) is 4. The first kappa shape index (κ1) is 9.98. The monoisotopic (exact) mass is 217 g/mol.